The first-order chi connectivity index (χ1) is 8.08. The number of oxazole rings is 1. The molecular weight excluding hydrogens is 220 g/mol. The average Bonchev–Trinajstić information content (AvgIpc) is 2.61. The quantitative estimate of drug-likeness (QED) is 0.815. The Balaban J connectivity index is 2.03. The van der Waals surface area contributed by atoms with Crippen molar-refractivity contribution in [3.05, 3.63) is 17.3 Å². The highest BCUT2D eigenvalue weighted by Gasteiger charge is 2.26. The van der Waals surface area contributed by atoms with Crippen LogP contribution in [-0.2, 0) is 0 Å². The number of aliphatic hydroxyl groups excluding tert-OH is 1. The van der Waals surface area contributed by atoms with Crippen LogP contribution in [0.25, 0.3) is 0 Å². The van der Waals surface area contributed by atoms with Crippen LogP contribution in [0.3, 0.4) is 0 Å². The molecule has 2 N–H and O–H groups in total. The van der Waals surface area contributed by atoms with Crippen LogP contribution in [0.5, 0.6) is 0 Å². The lowest BCUT2D eigenvalue weighted by atomic mass is 9.92. The number of amides is 1. The molecule has 0 saturated heterocycles. The van der Waals surface area contributed by atoms with Gasteiger partial charge in [0.2, 0.25) is 5.76 Å². The van der Waals surface area contributed by atoms with Crippen LogP contribution >= 0.6 is 0 Å². The molecule has 1 aromatic rings. The molecule has 0 radical (unpaired) electrons. The summed E-state index contributed by atoms with van der Waals surface area (Å²) in [5, 5.41) is 12.6. The van der Waals surface area contributed by atoms with Gasteiger partial charge in [-0.25, -0.2) is 4.98 Å². The van der Waals surface area contributed by atoms with Gasteiger partial charge in [-0.15, -0.1) is 0 Å². The molecule has 5 nitrogen and oxygen atoms in total. The number of carbonyl (C=O) groups is 1. The van der Waals surface area contributed by atoms with Crippen molar-refractivity contribution in [1.82, 2.24) is 10.3 Å². The lowest BCUT2D eigenvalue weighted by Gasteiger charge is -2.27. The Morgan fingerprint density at radius 1 is 1.41 bits per heavy atom. The van der Waals surface area contributed by atoms with Crippen LogP contribution in [0.15, 0.2) is 4.42 Å². The molecule has 1 aliphatic rings. The zero-order chi connectivity index (χ0) is 12.4. The number of carbonyl (C=O) groups excluding carboxylic acids is 1. The van der Waals surface area contributed by atoms with Gasteiger partial charge in [0.05, 0.1) is 17.8 Å². The van der Waals surface area contributed by atoms with Crippen LogP contribution in [0.1, 0.15) is 47.8 Å². The molecule has 1 amide bonds. The van der Waals surface area contributed by atoms with Gasteiger partial charge in [0.1, 0.15) is 0 Å². The third kappa shape index (κ3) is 2.66. The SMILES string of the molecule is Cc1nc(C)c(C(=O)N[C@@H]2CCCC[C@H]2O)o1. The highest BCUT2D eigenvalue weighted by atomic mass is 16.4. The maximum atomic E-state index is 11.9. The largest absolute Gasteiger partial charge is 0.436 e. The molecule has 1 heterocycles. The highest BCUT2D eigenvalue weighted by Crippen LogP contribution is 2.19. The molecular formula is C12H18N2O3. The van der Waals surface area contributed by atoms with Crippen LogP contribution in [0, 0.1) is 13.8 Å². The van der Waals surface area contributed by atoms with E-state index >= 15 is 0 Å². The molecule has 2 rings (SSSR count). The lowest BCUT2D eigenvalue weighted by molar-refractivity contribution is 0.0696. The van der Waals surface area contributed by atoms with Crippen molar-refractivity contribution in [2.24, 2.45) is 0 Å². The summed E-state index contributed by atoms with van der Waals surface area (Å²) in [6.45, 7) is 3.45. The van der Waals surface area contributed by atoms with E-state index in [1.165, 1.54) is 0 Å². The molecule has 0 unspecified atom stereocenters. The molecule has 0 spiro atoms. The number of rotatable bonds is 2. The Morgan fingerprint density at radius 2 is 2.12 bits per heavy atom. The maximum Gasteiger partial charge on any atom is 0.289 e. The molecule has 17 heavy (non-hydrogen) atoms. The first kappa shape index (κ1) is 12.1. The van der Waals surface area contributed by atoms with Crippen LogP contribution in [-0.4, -0.2) is 28.1 Å². The van der Waals surface area contributed by atoms with Crippen molar-refractivity contribution < 1.29 is 14.3 Å². The third-order valence-electron chi connectivity index (χ3n) is 3.16. The van der Waals surface area contributed by atoms with Crippen molar-refractivity contribution in [3.8, 4) is 0 Å². The number of aromatic nitrogens is 1. The Hall–Kier alpha value is -1.36. The van der Waals surface area contributed by atoms with E-state index < -0.39 is 6.10 Å². The maximum absolute atomic E-state index is 11.9. The Morgan fingerprint density at radius 3 is 2.71 bits per heavy atom. The van der Waals surface area contributed by atoms with Gasteiger partial charge in [0, 0.05) is 6.92 Å². The normalized spacial score (nSPS) is 24.6. The molecule has 0 aromatic carbocycles. The fourth-order valence-electron chi connectivity index (χ4n) is 2.26. The van der Waals surface area contributed by atoms with Gasteiger partial charge in [-0.3, -0.25) is 4.79 Å². The number of hydrogen-bond donors (Lipinski definition) is 2. The minimum Gasteiger partial charge on any atom is -0.436 e. The summed E-state index contributed by atoms with van der Waals surface area (Å²) < 4.78 is 5.25. The number of aliphatic hydroxyl groups is 1. The predicted molar refractivity (Wildman–Crippen MR) is 61.7 cm³/mol. The summed E-state index contributed by atoms with van der Waals surface area (Å²) in [5.41, 5.74) is 0.588. The van der Waals surface area contributed by atoms with E-state index in [0.717, 1.165) is 25.7 Å². The standard InChI is InChI=1S/C12H18N2O3/c1-7-11(17-8(2)13-7)12(16)14-9-5-3-4-6-10(9)15/h9-10,15H,3-6H2,1-2H3,(H,14,16)/t9-,10-/m1/s1. The summed E-state index contributed by atoms with van der Waals surface area (Å²) in [6, 6.07) is -0.166. The lowest BCUT2D eigenvalue weighted by Crippen LogP contribution is -2.45. The van der Waals surface area contributed by atoms with Gasteiger partial charge in [0.15, 0.2) is 5.89 Å². The molecule has 0 bridgehead atoms. The van der Waals surface area contributed by atoms with Crippen molar-refractivity contribution in [2.75, 3.05) is 0 Å². The van der Waals surface area contributed by atoms with Crippen molar-refractivity contribution >= 4 is 5.91 Å². The monoisotopic (exact) mass is 238 g/mol. The van der Waals surface area contributed by atoms with E-state index in [9.17, 15) is 9.90 Å². The average molecular weight is 238 g/mol. The summed E-state index contributed by atoms with van der Waals surface area (Å²) in [6.07, 6.45) is 3.18. The number of aryl methyl sites for hydroxylation is 2. The van der Waals surface area contributed by atoms with Gasteiger partial charge < -0.3 is 14.8 Å². The van der Waals surface area contributed by atoms with Crippen LogP contribution < -0.4 is 5.32 Å². The Labute approximate surface area is 100 Å². The molecule has 1 aliphatic carbocycles. The second-order valence-electron chi connectivity index (χ2n) is 4.58. The Kier molecular flexibility index (Phi) is 3.47. The molecule has 94 valence electrons. The molecule has 1 aromatic heterocycles. The fraction of sp³-hybridized carbons (Fsp3) is 0.667. The van der Waals surface area contributed by atoms with Crippen molar-refractivity contribution in [2.45, 2.75) is 51.7 Å². The van der Waals surface area contributed by atoms with Gasteiger partial charge in [-0.2, -0.15) is 0 Å². The number of hydrogen-bond acceptors (Lipinski definition) is 4. The van der Waals surface area contributed by atoms with E-state index in [1.807, 2.05) is 0 Å². The van der Waals surface area contributed by atoms with Crippen LogP contribution in [0.2, 0.25) is 0 Å². The first-order valence-electron chi connectivity index (χ1n) is 6.01. The van der Waals surface area contributed by atoms with Gasteiger partial charge in [0.25, 0.3) is 5.91 Å². The zero-order valence-electron chi connectivity index (χ0n) is 10.2. The van der Waals surface area contributed by atoms with Crippen molar-refractivity contribution in [1.29, 1.82) is 0 Å². The molecule has 1 saturated carbocycles. The minimum absolute atomic E-state index is 0.166. The van der Waals surface area contributed by atoms with Gasteiger partial charge in [-0.05, 0) is 19.8 Å². The molecule has 2 atom stereocenters. The molecule has 0 aliphatic heterocycles. The second-order valence-corrected chi connectivity index (χ2v) is 4.58. The first-order valence-corrected chi connectivity index (χ1v) is 6.01. The van der Waals surface area contributed by atoms with E-state index in [-0.39, 0.29) is 17.7 Å². The summed E-state index contributed by atoms with van der Waals surface area (Å²) >= 11 is 0. The minimum atomic E-state index is -0.447. The summed E-state index contributed by atoms with van der Waals surface area (Å²) in [7, 11) is 0. The summed E-state index contributed by atoms with van der Waals surface area (Å²) in [4.78, 5) is 16.0. The molecule has 5 heteroatoms. The second kappa shape index (κ2) is 4.87. The number of nitrogens with one attached hydrogen (secondary N) is 1. The zero-order valence-corrected chi connectivity index (χ0v) is 10.2. The predicted octanol–water partition coefficient (Wildman–Crippen LogP) is 1.32. The van der Waals surface area contributed by atoms with Gasteiger partial charge >= 0.3 is 0 Å². The van der Waals surface area contributed by atoms with E-state index in [1.54, 1.807) is 13.8 Å². The van der Waals surface area contributed by atoms with E-state index in [4.69, 9.17) is 4.42 Å². The third-order valence-corrected chi connectivity index (χ3v) is 3.16. The molecule has 1 fully saturated rings. The van der Waals surface area contributed by atoms with Crippen molar-refractivity contribution in [3.63, 3.8) is 0 Å². The smallest absolute Gasteiger partial charge is 0.289 e. The Bertz CT molecular complexity index is 414. The number of nitrogens with zero attached hydrogens (tertiary/aromatic N) is 1. The topological polar surface area (TPSA) is 75.4 Å². The fourth-order valence-corrected chi connectivity index (χ4v) is 2.26. The van der Waals surface area contributed by atoms with E-state index in [0.29, 0.717) is 11.6 Å². The summed E-state index contributed by atoms with van der Waals surface area (Å²) in [5.74, 6) is 0.450. The highest BCUT2D eigenvalue weighted by molar-refractivity contribution is 5.92. The van der Waals surface area contributed by atoms with Crippen LogP contribution in [0.4, 0.5) is 0 Å². The van der Waals surface area contributed by atoms with E-state index in [2.05, 4.69) is 10.3 Å². The van der Waals surface area contributed by atoms with Gasteiger partial charge in [-0.1, -0.05) is 12.8 Å².